The van der Waals surface area contributed by atoms with Crippen LogP contribution in [-0.4, -0.2) is 55.4 Å². The zero-order valence-corrected chi connectivity index (χ0v) is 10.9. The minimum Gasteiger partial charge on any atom is -0.396 e. The first-order valence-corrected chi connectivity index (χ1v) is 6.90. The van der Waals surface area contributed by atoms with Gasteiger partial charge in [-0.2, -0.15) is 0 Å². The summed E-state index contributed by atoms with van der Waals surface area (Å²) in [5.41, 5.74) is 5.46. The Kier molecular flexibility index (Phi) is 4.59. The summed E-state index contributed by atoms with van der Waals surface area (Å²) < 4.78 is 5.34. The number of rotatable bonds is 3. The second kappa shape index (κ2) is 5.99. The molecule has 0 aromatic heterocycles. The van der Waals surface area contributed by atoms with Gasteiger partial charge in [-0.3, -0.25) is 4.79 Å². The lowest BCUT2D eigenvalue weighted by Crippen LogP contribution is -2.52. The van der Waals surface area contributed by atoms with Crippen molar-refractivity contribution in [1.29, 1.82) is 0 Å². The number of carbonyl (C=O) groups excluding carboxylic acids is 1. The average molecular weight is 256 g/mol. The third-order valence-corrected chi connectivity index (χ3v) is 4.45. The number of amides is 1. The molecule has 0 bridgehead atoms. The second-order valence-electron chi connectivity index (χ2n) is 5.51. The van der Waals surface area contributed by atoms with E-state index in [0.29, 0.717) is 25.7 Å². The third-order valence-electron chi connectivity index (χ3n) is 4.45. The number of aliphatic hydroxyl groups excluding tert-OH is 1. The van der Waals surface area contributed by atoms with Crippen molar-refractivity contribution in [2.45, 2.75) is 25.7 Å². The molecule has 0 atom stereocenters. The first kappa shape index (κ1) is 13.8. The highest BCUT2D eigenvalue weighted by Gasteiger charge is 2.42. The van der Waals surface area contributed by atoms with Gasteiger partial charge in [0.15, 0.2) is 0 Å². The average Bonchev–Trinajstić information content (AvgIpc) is 2.47. The van der Waals surface area contributed by atoms with Crippen LogP contribution in [0.15, 0.2) is 0 Å². The largest absolute Gasteiger partial charge is 0.396 e. The van der Waals surface area contributed by atoms with Crippen molar-refractivity contribution < 1.29 is 14.6 Å². The van der Waals surface area contributed by atoms with Crippen LogP contribution >= 0.6 is 0 Å². The highest BCUT2D eigenvalue weighted by Crippen LogP contribution is 2.33. The molecule has 5 nitrogen and oxygen atoms in total. The fourth-order valence-corrected chi connectivity index (χ4v) is 2.92. The van der Waals surface area contributed by atoms with Gasteiger partial charge in [-0.05, 0) is 31.6 Å². The Morgan fingerprint density at radius 2 is 1.94 bits per heavy atom. The van der Waals surface area contributed by atoms with E-state index >= 15 is 0 Å². The fourth-order valence-electron chi connectivity index (χ4n) is 2.92. The van der Waals surface area contributed by atoms with Gasteiger partial charge in [0.1, 0.15) is 0 Å². The highest BCUT2D eigenvalue weighted by atomic mass is 16.5. The number of hydrogen-bond acceptors (Lipinski definition) is 4. The van der Waals surface area contributed by atoms with Crippen molar-refractivity contribution in [3.8, 4) is 0 Å². The summed E-state index contributed by atoms with van der Waals surface area (Å²) in [5, 5.41) is 9.12. The molecular formula is C13H24N2O3. The van der Waals surface area contributed by atoms with Crippen LogP contribution in [0.1, 0.15) is 25.7 Å². The third kappa shape index (κ3) is 2.68. The van der Waals surface area contributed by atoms with E-state index in [0.717, 1.165) is 38.8 Å². The normalized spacial score (nSPS) is 25.1. The predicted molar refractivity (Wildman–Crippen MR) is 67.9 cm³/mol. The molecule has 2 rings (SSSR count). The maximum Gasteiger partial charge on any atom is 0.230 e. The summed E-state index contributed by atoms with van der Waals surface area (Å²) in [6.07, 6.45) is 3.28. The van der Waals surface area contributed by atoms with Gasteiger partial charge in [0.25, 0.3) is 0 Å². The summed E-state index contributed by atoms with van der Waals surface area (Å²) in [7, 11) is 0. The van der Waals surface area contributed by atoms with E-state index in [1.54, 1.807) is 0 Å². The lowest BCUT2D eigenvalue weighted by Gasteiger charge is -2.41. The van der Waals surface area contributed by atoms with E-state index in [9.17, 15) is 4.79 Å². The summed E-state index contributed by atoms with van der Waals surface area (Å²) in [4.78, 5) is 14.6. The van der Waals surface area contributed by atoms with Gasteiger partial charge in [-0.1, -0.05) is 0 Å². The molecule has 0 aromatic rings. The van der Waals surface area contributed by atoms with Gasteiger partial charge in [0.2, 0.25) is 5.91 Å². The van der Waals surface area contributed by atoms with E-state index < -0.39 is 5.41 Å². The molecule has 0 saturated carbocycles. The first-order chi connectivity index (χ1) is 8.72. The Hall–Kier alpha value is -0.650. The number of hydrogen-bond donors (Lipinski definition) is 2. The van der Waals surface area contributed by atoms with Crippen molar-refractivity contribution in [2.24, 2.45) is 17.1 Å². The van der Waals surface area contributed by atoms with E-state index in [1.807, 2.05) is 4.90 Å². The minimum atomic E-state index is -0.399. The summed E-state index contributed by atoms with van der Waals surface area (Å²) in [6.45, 7) is 3.43. The highest BCUT2D eigenvalue weighted by molar-refractivity contribution is 5.83. The zero-order chi connectivity index (χ0) is 13.0. The van der Waals surface area contributed by atoms with Crippen molar-refractivity contribution >= 4 is 5.91 Å². The Balaban J connectivity index is 1.97. The quantitative estimate of drug-likeness (QED) is 0.743. The van der Waals surface area contributed by atoms with Gasteiger partial charge in [0.05, 0.1) is 5.41 Å². The Labute approximate surface area is 108 Å². The standard InChI is InChI=1S/C13H24N2O3/c14-10-13(3-7-18-8-4-13)12(17)15-5-1-11(9-16)2-6-15/h11,16H,1-10,14H2. The maximum absolute atomic E-state index is 12.6. The molecular weight excluding hydrogens is 232 g/mol. The van der Waals surface area contributed by atoms with Crippen molar-refractivity contribution in [3.63, 3.8) is 0 Å². The molecule has 0 aromatic carbocycles. The molecule has 2 saturated heterocycles. The number of ether oxygens (including phenoxy) is 1. The number of nitrogens with zero attached hydrogens (tertiary/aromatic N) is 1. The van der Waals surface area contributed by atoms with Gasteiger partial charge >= 0.3 is 0 Å². The molecule has 0 spiro atoms. The van der Waals surface area contributed by atoms with Crippen LogP contribution in [0.3, 0.4) is 0 Å². The molecule has 0 radical (unpaired) electrons. The lowest BCUT2D eigenvalue weighted by atomic mass is 9.78. The van der Waals surface area contributed by atoms with Crippen LogP contribution in [0, 0.1) is 11.3 Å². The molecule has 3 N–H and O–H groups in total. The molecule has 2 aliphatic rings. The Morgan fingerprint density at radius 3 is 2.44 bits per heavy atom. The molecule has 0 aliphatic carbocycles. The van der Waals surface area contributed by atoms with Crippen molar-refractivity contribution in [2.75, 3.05) is 39.5 Å². The topological polar surface area (TPSA) is 75.8 Å². The predicted octanol–water partition coefficient (Wildman–Crippen LogP) is -0.0272. The molecule has 2 heterocycles. The molecule has 2 aliphatic heterocycles. The summed E-state index contributed by atoms with van der Waals surface area (Å²) in [6, 6.07) is 0. The van der Waals surface area contributed by atoms with Gasteiger partial charge in [0, 0.05) is 39.5 Å². The Bertz CT molecular complexity index is 282. The molecule has 0 unspecified atom stereocenters. The van der Waals surface area contributed by atoms with E-state index in [4.69, 9.17) is 15.6 Å². The number of nitrogens with two attached hydrogens (primary N) is 1. The van der Waals surface area contributed by atoms with E-state index in [1.165, 1.54) is 0 Å². The van der Waals surface area contributed by atoms with Crippen molar-refractivity contribution in [1.82, 2.24) is 4.90 Å². The molecule has 1 amide bonds. The van der Waals surface area contributed by atoms with Crippen LogP contribution in [-0.2, 0) is 9.53 Å². The van der Waals surface area contributed by atoms with Crippen molar-refractivity contribution in [3.05, 3.63) is 0 Å². The number of likely N-dealkylation sites (tertiary alicyclic amines) is 1. The second-order valence-corrected chi connectivity index (χ2v) is 5.51. The van der Waals surface area contributed by atoms with Gasteiger partial charge in [-0.25, -0.2) is 0 Å². The van der Waals surface area contributed by atoms with Crippen LogP contribution < -0.4 is 5.73 Å². The molecule has 5 heteroatoms. The number of carbonyl (C=O) groups is 1. The molecule has 104 valence electrons. The lowest BCUT2D eigenvalue weighted by molar-refractivity contribution is -0.148. The number of aliphatic hydroxyl groups is 1. The van der Waals surface area contributed by atoms with Gasteiger partial charge in [-0.15, -0.1) is 0 Å². The van der Waals surface area contributed by atoms with Crippen LogP contribution in [0.5, 0.6) is 0 Å². The molecule has 2 fully saturated rings. The zero-order valence-electron chi connectivity index (χ0n) is 10.9. The van der Waals surface area contributed by atoms with Gasteiger partial charge < -0.3 is 20.5 Å². The van der Waals surface area contributed by atoms with Crippen LogP contribution in [0.25, 0.3) is 0 Å². The van der Waals surface area contributed by atoms with E-state index in [2.05, 4.69) is 0 Å². The first-order valence-electron chi connectivity index (χ1n) is 6.90. The minimum absolute atomic E-state index is 0.199. The van der Waals surface area contributed by atoms with Crippen LogP contribution in [0.4, 0.5) is 0 Å². The molecule has 18 heavy (non-hydrogen) atoms. The van der Waals surface area contributed by atoms with Crippen LogP contribution in [0.2, 0.25) is 0 Å². The smallest absolute Gasteiger partial charge is 0.230 e. The maximum atomic E-state index is 12.6. The summed E-state index contributed by atoms with van der Waals surface area (Å²) >= 11 is 0. The summed E-state index contributed by atoms with van der Waals surface area (Å²) in [5.74, 6) is 0.558. The monoisotopic (exact) mass is 256 g/mol. The SMILES string of the molecule is NCC1(C(=O)N2CCC(CO)CC2)CCOCC1. The fraction of sp³-hybridized carbons (Fsp3) is 0.923. The Morgan fingerprint density at radius 1 is 1.33 bits per heavy atom. The number of piperidine rings is 1. The van der Waals surface area contributed by atoms with E-state index in [-0.39, 0.29) is 12.5 Å².